The Kier molecular flexibility index (Phi) is 6.79. The molecule has 0 heterocycles. The van der Waals surface area contributed by atoms with E-state index in [0.717, 1.165) is 11.8 Å². The molecule has 114 valence electrons. The lowest BCUT2D eigenvalue weighted by atomic mass is 9.73. The fraction of sp³-hybridized carbons (Fsp3) is 0.700. The molecule has 0 aliphatic rings. The molecule has 20 heavy (non-hydrogen) atoms. The van der Waals surface area contributed by atoms with Crippen LogP contribution in [0.4, 0.5) is 0 Å². The summed E-state index contributed by atoms with van der Waals surface area (Å²) in [5.74, 6) is 1.68. The summed E-state index contributed by atoms with van der Waals surface area (Å²) in [5.41, 5.74) is 3.23. The standard InChI is InChI=1S/C20H34/c1-7-16(2)9-8-10-18(4)20(5,6)15-19-13-11-17(3)12-14-19/h11-14,16,18H,7-10,15H2,1-6H3. The topological polar surface area (TPSA) is 0 Å². The van der Waals surface area contributed by atoms with Crippen LogP contribution in [0.2, 0.25) is 0 Å². The van der Waals surface area contributed by atoms with E-state index < -0.39 is 0 Å². The van der Waals surface area contributed by atoms with Crippen molar-refractivity contribution in [1.29, 1.82) is 0 Å². The molecule has 2 atom stereocenters. The molecule has 0 aliphatic carbocycles. The van der Waals surface area contributed by atoms with Crippen LogP contribution in [0.25, 0.3) is 0 Å². The van der Waals surface area contributed by atoms with Crippen molar-refractivity contribution in [3.63, 3.8) is 0 Å². The van der Waals surface area contributed by atoms with Crippen LogP contribution in [0.3, 0.4) is 0 Å². The fourth-order valence-electron chi connectivity index (χ4n) is 2.77. The molecule has 0 radical (unpaired) electrons. The Hall–Kier alpha value is -0.780. The SMILES string of the molecule is CCC(C)CCCC(C)C(C)(C)Cc1ccc(C)cc1. The second kappa shape index (κ2) is 7.86. The van der Waals surface area contributed by atoms with Gasteiger partial charge in [0.05, 0.1) is 0 Å². The molecule has 0 aliphatic heterocycles. The van der Waals surface area contributed by atoms with E-state index in [1.807, 2.05) is 0 Å². The Labute approximate surface area is 127 Å². The van der Waals surface area contributed by atoms with Gasteiger partial charge in [-0.3, -0.25) is 0 Å². The van der Waals surface area contributed by atoms with Gasteiger partial charge in [-0.15, -0.1) is 0 Å². The summed E-state index contributed by atoms with van der Waals surface area (Å²) in [6, 6.07) is 9.06. The van der Waals surface area contributed by atoms with Gasteiger partial charge in [0.1, 0.15) is 0 Å². The first-order valence-corrected chi connectivity index (χ1v) is 8.40. The van der Waals surface area contributed by atoms with Gasteiger partial charge in [0.15, 0.2) is 0 Å². The summed E-state index contributed by atoms with van der Waals surface area (Å²) in [6.07, 6.45) is 6.65. The summed E-state index contributed by atoms with van der Waals surface area (Å²) in [4.78, 5) is 0. The number of benzene rings is 1. The van der Waals surface area contributed by atoms with Crippen LogP contribution in [0.5, 0.6) is 0 Å². The van der Waals surface area contributed by atoms with Crippen molar-refractivity contribution < 1.29 is 0 Å². The molecule has 0 heteroatoms. The molecule has 0 fully saturated rings. The monoisotopic (exact) mass is 274 g/mol. The number of hydrogen-bond donors (Lipinski definition) is 0. The van der Waals surface area contributed by atoms with Gasteiger partial charge in [-0.1, -0.05) is 90.1 Å². The first kappa shape index (κ1) is 17.3. The average Bonchev–Trinajstić information content (AvgIpc) is 2.40. The predicted molar refractivity (Wildman–Crippen MR) is 91.1 cm³/mol. The molecule has 0 amide bonds. The van der Waals surface area contributed by atoms with Crippen LogP contribution in [0.1, 0.15) is 71.4 Å². The molecule has 0 saturated heterocycles. The smallest absolute Gasteiger partial charge is 0.0225 e. The zero-order valence-corrected chi connectivity index (χ0v) is 14.5. The third-order valence-electron chi connectivity index (χ3n) is 5.15. The Morgan fingerprint density at radius 2 is 1.60 bits per heavy atom. The van der Waals surface area contributed by atoms with Crippen molar-refractivity contribution >= 4 is 0 Å². The van der Waals surface area contributed by atoms with E-state index in [9.17, 15) is 0 Å². The molecule has 0 saturated carbocycles. The maximum Gasteiger partial charge on any atom is -0.0225 e. The molecule has 0 N–H and O–H groups in total. The van der Waals surface area contributed by atoms with Gasteiger partial charge in [-0.25, -0.2) is 0 Å². The first-order chi connectivity index (χ1) is 9.35. The van der Waals surface area contributed by atoms with Gasteiger partial charge in [0, 0.05) is 0 Å². The van der Waals surface area contributed by atoms with Gasteiger partial charge in [-0.05, 0) is 36.2 Å². The zero-order valence-electron chi connectivity index (χ0n) is 14.5. The predicted octanol–water partition coefficient (Wildman–Crippen LogP) is 6.42. The van der Waals surface area contributed by atoms with Crippen LogP contribution in [0.15, 0.2) is 24.3 Å². The van der Waals surface area contributed by atoms with Gasteiger partial charge in [0.25, 0.3) is 0 Å². The van der Waals surface area contributed by atoms with Crippen molar-refractivity contribution in [2.24, 2.45) is 17.3 Å². The lowest BCUT2D eigenvalue weighted by molar-refractivity contribution is 0.208. The number of rotatable bonds is 8. The Morgan fingerprint density at radius 1 is 1.00 bits per heavy atom. The molecule has 1 rings (SSSR count). The second-order valence-corrected chi connectivity index (χ2v) is 7.50. The molecule has 0 aromatic heterocycles. The van der Waals surface area contributed by atoms with Gasteiger partial charge >= 0.3 is 0 Å². The van der Waals surface area contributed by atoms with Crippen molar-refractivity contribution in [3.8, 4) is 0 Å². The highest BCUT2D eigenvalue weighted by atomic mass is 14.3. The van der Waals surface area contributed by atoms with E-state index >= 15 is 0 Å². The molecule has 2 unspecified atom stereocenters. The van der Waals surface area contributed by atoms with E-state index in [2.05, 4.69) is 65.8 Å². The van der Waals surface area contributed by atoms with Crippen LogP contribution in [-0.2, 0) is 6.42 Å². The minimum Gasteiger partial charge on any atom is -0.0651 e. The molecular weight excluding hydrogens is 240 g/mol. The minimum atomic E-state index is 0.394. The van der Waals surface area contributed by atoms with Crippen molar-refractivity contribution in [2.75, 3.05) is 0 Å². The molecule has 0 nitrogen and oxygen atoms in total. The number of aryl methyl sites for hydroxylation is 1. The third kappa shape index (κ3) is 5.69. The third-order valence-corrected chi connectivity index (χ3v) is 5.15. The largest absolute Gasteiger partial charge is 0.0651 e. The van der Waals surface area contributed by atoms with E-state index in [-0.39, 0.29) is 0 Å². The van der Waals surface area contributed by atoms with Crippen molar-refractivity contribution in [1.82, 2.24) is 0 Å². The summed E-state index contributed by atoms with van der Waals surface area (Å²) in [7, 11) is 0. The molecule has 1 aromatic carbocycles. The van der Waals surface area contributed by atoms with E-state index in [1.54, 1.807) is 0 Å². The first-order valence-electron chi connectivity index (χ1n) is 8.40. The van der Waals surface area contributed by atoms with Crippen LogP contribution in [-0.4, -0.2) is 0 Å². The van der Waals surface area contributed by atoms with Crippen molar-refractivity contribution in [3.05, 3.63) is 35.4 Å². The van der Waals surface area contributed by atoms with Gasteiger partial charge in [0.2, 0.25) is 0 Å². The van der Waals surface area contributed by atoms with Crippen LogP contribution < -0.4 is 0 Å². The van der Waals surface area contributed by atoms with Gasteiger partial charge < -0.3 is 0 Å². The highest BCUT2D eigenvalue weighted by molar-refractivity contribution is 5.22. The van der Waals surface area contributed by atoms with Crippen molar-refractivity contribution in [2.45, 2.75) is 73.6 Å². The normalized spacial score (nSPS) is 15.1. The molecule has 0 spiro atoms. The Balaban J connectivity index is 2.47. The van der Waals surface area contributed by atoms with Crippen LogP contribution >= 0.6 is 0 Å². The second-order valence-electron chi connectivity index (χ2n) is 7.50. The fourth-order valence-corrected chi connectivity index (χ4v) is 2.77. The lowest BCUT2D eigenvalue weighted by Crippen LogP contribution is -2.24. The highest BCUT2D eigenvalue weighted by Gasteiger charge is 2.25. The molecule has 0 bridgehead atoms. The summed E-state index contributed by atoms with van der Waals surface area (Å²) in [5, 5.41) is 0. The maximum absolute atomic E-state index is 2.44. The highest BCUT2D eigenvalue weighted by Crippen LogP contribution is 2.34. The zero-order chi connectivity index (χ0) is 15.2. The lowest BCUT2D eigenvalue weighted by Gasteiger charge is -2.32. The minimum absolute atomic E-state index is 0.394. The Bertz CT molecular complexity index is 372. The summed E-state index contributed by atoms with van der Waals surface area (Å²) >= 11 is 0. The van der Waals surface area contributed by atoms with Crippen LogP contribution in [0, 0.1) is 24.2 Å². The van der Waals surface area contributed by atoms with E-state index in [1.165, 1.54) is 43.2 Å². The summed E-state index contributed by atoms with van der Waals surface area (Å²) in [6.45, 7) is 14.1. The molecule has 1 aromatic rings. The Morgan fingerprint density at radius 3 is 2.15 bits per heavy atom. The summed E-state index contributed by atoms with van der Waals surface area (Å²) < 4.78 is 0. The average molecular weight is 274 g/mol. The maximum atomic E-state index is 2.44. The quantitative estimate of drug-likeness (QED) is 0.513. The van der Waals surface area contributed by atoms with E-state index in [0.29, 0.717) is 5.41 Å². The number of hydrogen-bond acceptors (Lipinski definition) is 0. The molecular formula is C20H34. The van der Waals surface area contributed by atoms with Gasteiger partial charge in [-0.2, -0.15) is 0 Å². The van der Waals surface area contributed by atoms with E-state index in [4.69, 9.17) is 0 Å².